The number of carbonyl (C=O) groups is 2. The summed E-state index contributed by atoms with van der Waals surface area (Å²) in [5.41, 5.74) is 3.04. The van der Waals surface area contributed by atoms with E-state index in [1.165, 1.54) is 12.5 Å². The van der Waals surface area contributed by atoms with Crippen molar-refractivity contribution in [1.82, 2.24) is 15.0 Å². The molecule has 150 valence electrons. The minimum Gasteiger partial charge on any atom is -0.373 e. The third-order valence-electron chi connectivity index (χ3n) is 4.99. The van der Waals surface area contributed by atoms with Crippen LogP contribution in [0.4, 0.5) is 5.69 Å². The second kappa shape index (κ2) is 8.32. The zero-order chi connectivity index (χ0) is 20.2. The maximum absolute atomic E-state index is 13.1. The maximum atomic E-state index is 13.1. The minimum atomic E-state index is -0.336. The van der Waals surface area contributed by atoms with E-state index in [0.29, 0.717) is 35.8 Å². The highest BCUT2D eigenvalue weighted by molar-refractivity contribution is 6.07. The highest BCUT2D eigenvalue weighted by atomic mass is 16.5. The number of nitrogens with zero attached hydrogens (tertiary/aromatic N) is 2. The summed E-state index contributed by atoms with van der Waals surface area (Å²) in [6.07, 6.45) is 3.51. The van der Waals surface area contributed by atoms with Crippen LogP contribution in [0.2, 0.25) is 0 Å². The number of aromatic nitrogens is 2. The first-order valence-electron chi connectivity index (χ1n) is 9.54. The second-order valence-corrected chi connectivity index (χ2v) is 6.81. The van der Waals surface area contributed by atoms with Crippen LogP contribution in [-0.2, 0) is 17.9 Å². The van der Waals surface area contributed by atoms with E-state index >= 15 is 0 Å². The maximum Gasteiger partial charge on any atom is 0.268 e. The Morgan fingerprint density at radius 3 is 2.79 bits per heavy atom. The van der Waals surface area contributed by atoms with E-state index in [4.69, 9.17) is 9.26 Å². The van der Waals surface area contributed by atoms with E-state index in [2.05, 4.69) is 15.8 Å². The van der Waals surface area contributed by atoms with Crippen LogP contribution in [0.25, 0.3) is 0 Å². The van der Waals surface area contributed by atoms with Gasteiger partial charge in [-0.05, 0) is 18.1 Å². The summed E-state index contributed by atoms with van der Waals surface area (Å²) in [5.74, 6) is -0.551. The number of hydrogen-bond acceptors (Lipinski definition) is 5. The number of rotatable bonds is 6. The van der Waals surface area contributed by atoms with Gasteiger partial charge < -0.3 is 24.5 Å². The van der Waals surface area contributed by atoms with Gasteiger partial charge in [0.1, 0.15) is 17.6 Å². The largest absolute Gasteiger partial charge is 0.373 e. The van der Waals surface area contributed by atoms with E-state index in [1.807, 2.05) is 41.8 Å². The molecular formula is C21H22N4O4. The first-order valence-corrected chi connectivity index (χ1v) is 9.54. The van der Waals surface area contributed by atoms with Gasteiger partial charge in [-0.3, -0.25) is 9.59 Å². The molecule has 0 bridgehead atoms. The van der Waals surface area contributed by atoms with Gasteiger partial charge >= 0.3 is 0 Å². The molecule has 0 fully saturated rings. The van der Waals surface area contributed by atoms with E-state index in [9.17, 15) is 9.59 Å². The summed E-state index contributed by atoms with van der Waals surface area (Å²) in [6, 6.07) is 11.4. The van der Waals surface area contributed by atoms with Crippen molar-refractivity contribution in [2.75, 3.05) is 11.9 Å². The lowest BCUT2D eigenvalue weighted by atomic mass is 10.0. The molecule has 0 radical (unpaired) electrons. The van der Waals surface area contributed by atoms with Crippen molar-refractivity contribution in [3.8, 4) is 0 Å². The topological polar surface area (TPSA) is 98.4 Å². The molecule has 29 heavy (non-hydrogen) atoms. The second-order valence-electron chi connectivity index (χ2n) is 6.81. The van der Waals surface area contributed by atoms with Crippen LogP contribution in [0.1, 0.15) is 51.5 Å². The van der Waals surface area contributed by atoms with Crippen molar-refractivity contribution in [1.29, 1.82) is 0 Å². The Hall–Kier alpha value is -3.39. The molecule has 8 nitrogen and oxygen atoms in total. The van der Waals surface area contributed by atoms with Crippen molar-refractivity contribution < 1.29 is 18.8 Å². The number of nitrogens with one attached hydrogen (secondary N) is 2. The van der Waals surface area contributed by atoms with E-state index in [-0.39, 0.29) is 24.5 Å². The van der Waals surface area contributed by atoms with Crippen molar-refractivity contribution in [3.63, 3.8) is 0 Å². The Labute approximate surface area is 167 Å². The Bertz CT molecular complexity index is 995. The highest BCUT2D eigenvalue weighted by Gasteiger charge is 2.27. The number of fused-ring (bicyclic) bond motifs is 1. The van der Waals surface area contributed by atoms with Crippen LogP contribution in [0.15, 0.2) is 53.4 Å². The quantitative estimate of drug-likeness (QED) is 0.669. The molecule has 2 aromatic heterocycles. The van der Waals surface area contributed by atoms with Crippen LogP contribution in [0.5, 0.6) is 0 Å². The fraction of sp³-hybridized carbons (Fsp3) is 0.286. The summed E-state index contributed by atoms with van der Waals surface area (Å²) in [6.45, 7) is 3.30. The molecule has 0 saturated heterocycles. The summed E-state index contributed by atoms with van der Waals surface area (Å²) in [4.78, 5) is 25.8. The van der Waals surface area contributed by atoms with Gasteiger partial charge in [-0.1, -0.05) is 42.4 Å². The lowest BCUT2D eigenvalue weighted by Crippen LogP contribution is -2.31. The van der Waals surface area contributed by atoms with Crippen molar-refractivity contribution in [2.45, 2.75) is 32.5 Å². The summed E-state index contributed by atoms with van der Waals surface area (Å²) in [5, 5.41) is 9.39. The third kappa shape index (κ3) is 3.93. The molecule has 0 saturated carbocycles. The van der Waals surface area contributed by atoms with E-state index in [0.717, 1.165) is 12.0 Å². The zero-order valence-corrected chi connectivity index (χ0v) is 16.1. The molecule has 0 spiro atoms. The van der Waals surface area contributed by atoms with Gasteiger partial charge in [0, 0.05) is 6.54 Å². The van der Waals surface area contributed by atoms with Crippen LogP contribution in [0.3, 0.4) is 0 Å². The molecule has 0 aliphatic carbocycles. The number of amides is 2. The van der Waals surface area contributed by atoms with Gasteiger partial charge in [-0.15, -0.1) is 0 Å². The van der Waals surface area contributed by atoms with Crippen molar-refractivity contribution in [3.05, 3.63) is 71.4 Å². The number of anilines is 1. The van der Waals surface area contributed by atoms with Gasteiger partial charge in [0.2, 0.25) is 0 Å². The molecule has 2 N–H and O–H groups in total. The Kier molecular flexibility index (Phi) is 5.44. The minimum absolute atomic E-state index is 0.107. The lowest BCUT2D eigenvalue weighted by molar-refractivity contribution is 0.0783. The predicted molar refractivity (Wildman–Crippen MR) is 105 cm³/mol. The van der Waals surface area contributed by atoms with Gasteiger partial charge in [-0.2, -0.15) is 0 Å². The average Bonchev–Trinajstić information content (AvgIpc) is 3.40. The van der Waals surface area contributed by atoms with Crippen LogP contribution in [-0.4, -0.2) is 28.1 Å². The number of carbonyl (C=O) groups excluding carboxylic acids is 2. The third-order valence-corrected chi connectivity index (χ3v) is 4.99. The van der Waals surface area contributed by atoms with Crippen molar-refractivity contribution >= 4 is 17.5 Å². The molecule has 1 unspecified atom stereocenters. The van der Waals surface area contributed by atoms with Gasteiger partial charge in [0.15, 0.2) is 0 Å². The normalized spacial score (nSPS) is 14.1. The SMILES string of the molecule is CCC(NC(=O)c1cc(C(=O)Nc2cnoc2)c2n1CCOC2)c1ccccc1. The molecule has 3 heterocycles. The molecule has 3 aromatic rings. The Morgan fingerprint density at radius 1 is 1.24 bits per heavy atom. The van der Waals surface area contributed by atoms with E-state index in [1.54, 1.807) is 6.07 Å². The predicted octanol–water partition coefficient (Wildman–Crippen LogP) is 3.14. The highest BCUT2D eigenvalue weighted by Crippen LogP contribution is 2.24. The molecule has 1 aromatic carbocycles. The average molecular weight is 394 g/mol. The summed E-state index contributed by atoms with van der Waals surface area (Å²) < 4.78 is 12.1. The molecule has 8 heteroatoms. The van der Waals surface area contributed by atoms with Crippen LogP contribution < -0.4 is 10.6 Å². The Morgan fingerprint density at radius 2 is 2.07 bits per heavy atom. The monoisotopic (exact) mass is 394 g/mol. The fourth-order valence-corrected chi connectivity index (χ4v) is 3.51. The standard InChI is InChI=1S/C21H22N4O4/c1-2-17(14-6-4-3-5-7-14)24-21(27)18-10-16(19-13-28-9-8-25(18)19)20(26)23-15-11-22-29-12-15/h3-7,10-12,17H,2,8-9,13H2,1H3,(H,23,26)(H,24,27). The molecule has 1 atom stereocenters. The molecule has 2 amide bonds. The zero-order valence-electron chi connectivity index (χ0n) is 16.1. The lowest BCUT2D eigenvalue weighted by Gasteiger charge is -2.21. The summed E-state index contributed by atoms with van der Waals surface area (Å²) in [7, 11) is 0. The van der Waals surface area contributed by atoms with Crippen LogP contribution >= 0.6 is 0 Å². The number of ether oxygens (including phenoxy) is 1. The van der Waals surface area contributed by atoms with Crippen LogP contribution in [0, 0.1) is 0 Å². The molecular weight excluding hydrogens is 372 g/mol. The fourth-order valence-electron chi connectivity index (χ4n) is 3.51. The van der Waals surface area contributed by atoms with E-state index < -0.39 is 0 Å². The number of hydrogen-bond donors (Lipinski definition) is 2. The first kappa shape index (κ1) is 18.9. The van der Waals surface area contributed by atoms with Gasteiger partial charge in [0.05, 0.1) is 36.7 Å². The molecule has 4 rings (SSSR count). The summed E-state index contributed by atoms with van der Waals surface area (Å²) >= 11 is 0. The molecule has 1 aliphatic heterocycles. The Balaban J connectivity index is 1.60. The van der Waals surface area contributed by atoms with Gasteiger partial charge in [0.25, 0.3) is 11.8 Å². The smallest absolute Gasteiger partial charge is 0.268 e. The number of benzene rings is 1. The molecule has 1 aliphatic rings. The first-order chi connectivity index (χ1) is 14.2. The van der Waals surface area contributed by atoms with Crippen molar-refractivity contribution in [2.24, 2.45) is 0 Å². The van der Waals surface area contributed by atoms with Gasteiger partial charge in [-0.25, -0.2) is 0 Å².